The summed E-state index contributed by atoms with van der Waals surface area (Å²) in [5.74, 6) is 0. The predicted molar refractivity (Wildman–Crippen MR) is 71.4 cm³/mol. The van der Waals surface area contributed by atoms with Gasteiger partial charge in [-0.1, -0.05) is 52.3 Å². The van der Waals surface area contributed by atoms with Gasteiger partial charge in [0.25, 0.3) is 0 Å². The van der Waals surface area contributed by atoms with Gasteiger partial charge in [-0.25, -0.2) is 0 Å². The van der Waals surface area contributed by atoms with Crippen LogP contribution < -0.4 is 0 Å². The van der Waals surface area contributed by atoms with E-state index in [2.05, 4.69) is 63.4 Å². The van der Waals surface area contributed by atoms with Crippen molar-refractivity contribution in [3.8, 4) is 11.3 Å². The van der Waals surface area contributed by atoms with E-state index in [4.69, 9.17) is 0 Å². The number of hydrogen-bond acceptors (Lipinski definition) is 0. The van der Waals surface area contributed by atoms with Crippen LogP contribution in [0.1, 0.15) is 0 Å². The molecular weight excluding hydrogens is 262 g/mol. The van der Waals surface area contributed by atoms with E-state index in [0.717, 1.165) is 15.7 Å². The monoisotopic (exact) mass is 271 g/mol. The Morgan fingerprint density at radius 3 is 2.44 bits per heavy atom. The molecule has 1 aromatic heterocycles. The molecule has 2 aromatic carbocycles. The molecule has 3 aromatic rings. The van der Waals surface area contributed by atoms with Crippen molar-refractivity contribution in [1.29, 1.82) is 0 Å². The summed E-state index contributed by atoms with van der Waals surface area (Å²) in [6.07, 6.45) is 0. The van der Waals surface area contributed by atoms with Crippen molar-refractivity contribution < 1.29 is 0 Å². The summed E-state index contributed by atoms with van der Waals surface area (Å²) in [4.78, 5) is 3.42. The van der Waals surface area contributed by atoms with Crippen LogP contribution in [0.15, 0.2) is 59.1 Å². The van der Waals surface area contributed by atoms with Crippen LogP contribution in [-0.2, 0) is 0 Å². The van der Waals surface area contributed by atoms with Gasteiger partial charge in [0.15, 0.2) is 0 Å². The Bertz CT molecular complexity index is 626. The Kier molecular flexibility index (Phi) is 2.29. The molecule has 78 valence electrons. The van der Waals surface area contributed by atoms with Gasteiger partial charge in [-0.2, -0.15) is 0 Å². The number of halogens is 1. The molecule has 16 heavy (non-hydrogen) atoms. The van der Waals surface area contributed by atoms with Crippen LogP contribution in [0.5, 0.6) is 0 Å². The van der Waals surface area contributed by atoms with Crippen LogP contribution in [0.3, 0.4) is 0 Å². The summed E-state index contributed by atoms with van der Waals surface area (Å²) in [5, 5.41) is 1.22. The Hall–Kier alpha value is -1.54. The smallest absolute Gasteiger partial charge is 0.0470 e. The maximum Gasteiger partial charge on any atom is 0.0470 e. The van der Waals surface area contributed by atoms with Gasteiger partial charge < -0.3 is 4.98 Å². The Morgan fingerprint density at radius 1 is 0.875 bits per heavy atom. The zero-order valence-corrected chi connectivity index (χ0v) is 10.2. The summed E-state index contributed by atoms with van der Waals surface area (Å²) in [6.45, 7) is 0. The lowest BCUT2D eigenvalue weighted by molar-refractivity contribution is 1.45. The van der Waals surface area contributed by atoms with E-state index in [1.54, 1.807) is 0 Å². The van der Waals surface area contributed by atoms with Crippen molar-refractivity contribution in [2.45, 2.75) is 0 Å². The zero-order chi connectivity index (χ0) is 11.0. The van der Waals surface area contributed by atoms with Gasteiger partial charge in [-0.05, 0) is 23.8 Å². The lowest BCUT2D eigenvalue weighted by atomic mass is 10.1. The Labute approximate surface area is 102 Å². The number of nitrogens with one attached hydrogen (secondary N) is 1. The van der Waals surface area contributed by atoms with Crippen molar-refractivity contribution in [2.75, 3.05) is 0 Å². The van der Waals surface area contributed by atoms with Crippen LogP contribution in [0.4, 0.5) is 0 Å². The predicted octanol–water partition coefficient (Wildman–Crippen LogP) is 4.60. The second-order valence-corrected chi connectivity index (χ2v) is 4.60. The SMILES string of the molecule is Brc1cccc2[nH]c(-c3ccccc3)cc12. The normalized spacial score (nSPS) is 10.8. The van der Waals surface area contributed by atoms with Crippen LogP contribution in [0.2, 0.25) is 0 Å². The van der Waals surface area contributed by atoms with Crippen LogP contribution in [-0.4, -0.2) is 4.98 Å². The average Bonchev–Trinajstić information content (AvgIpc) is 2.76. The van der Waals surface area contributed by atoms with Crippen molar-refractivity contribution in [3.05, 3.63) is 59.1 Å². The van der Waals surface area contributed by atoms with Crippen molar-refractivity contribution >= 4 is 26.8 Å². The topological polar surface area (TPSA) is 15.8 Å². The van der Waals surface area contributed by atoms with Gasteiger partial charge in [0.05, 0.1) is 0 Å². The largest absolute Gasteiger partial charge is 0.354 e. The molecule has 0 atom stereocenters. The maximum absolute atomic E-state index is 3.56. The standard InChI is InChI=1S/C14H10BrN/c15-12-7-4-8-13-11(12)9-14(16-13)10-5-2-1-3-6-10/h1-9,16H. The third-order valence-electron chi connectivity index (χ3n) is 2.70. The van der Waals surface area contributed by atoms with Gasteiger partial charge in [0, 0.05) is 21.1 Å². The fourth-order valence-corrected chi connectivity index (χ4v) is 2.37. The van der Waals surface area contributed by atoms with E-state index >= 15 is 0 Å². The molecule has 0 aliphatic rings. The molecule has 1 N–H and O–H groups in total. The minimum atomic E-state index is 1.13. The highest BCUT2D eigenvalue weighted by Crippen LogP contribution is 2.28. The lowest BCUT2D eigenvalue weighted by Crippen LogP contribution is -1.74. The molecule has 0 unspecified atom stereocenters. The fourth-order valence-electron chi connectivity index (χ4n) is 1.89. The number of rotatable bonds is 1. The van der Waals surface area contributed by atoms with Gasteiger partial charge in [-0.15, -0.1) is 0 Å². The number of benzene rings is 2. The lowest BCUT2D eigenvalue weighted by Gasteiger charge is -1.94. The van der Waals surface area contributed by atoms with Crippen molar-refractivity contribution in [1.82, 2.24) is 4.98 Å². The molecule has 0 saturated carbocycles. The minimum absolute atomic E-state index is 1.13. The van der Waals surface area contributed by atoms with E-state index in [9.17, 15) is 0 Å². The first-order chi connectivity index (χ1) is 7.84. The van der Waals surface area contributed by atoms with Gasteiger partial charge in [-0.3, -0.25) is 0 Å². The molecule has 0 fully saturated rings. The van der Waals surface area contributed by atoms with Gasteiger partial charge >= 0.3 is 0 Å². The zero-order valence-electron chi connectivity index (χ0n) is 8.57. The van der Waals surface area contributed by atoms with Gasteiger partial charge in [0.2, 0.25) is 0 Å². The quantitative estimate of drug-likeness (QED) is 0.666. The molecule has 3 rings (SSSR count). The molecule has 1 heterocycles. The van der Waals surface area contributed by atoms with Crippen LogP contribution in [0.25, 0.3) is 22.2 Å². The molecular formula is C14H10BrN. The first-order valence-corrected chi connectivity index (χ1v) is 5.96. The van der Waals surface area contributed by atoms with E-state index in [1.807, 2.05) is 12.1 Å². The van der Waals surface area contributed by atoms with E-state index < -0.39 is 0 Å². The molecule has 0 aliphatic heterocycles. The highest BCUT2D eigenvalue weighted by atomic mass is 79.9. The maximum atomic E-state index is 3.56. The van der Waals surface area contributed by atoms with Crippen molar-refractivity contribution in [3.63, 3.8) is 0 Å². The summed E-state index contributed by atoms with van der Waals surface area (Å²) in [7, 11) is 0. The summed E-state index contributed by atoms with van der Waals surface area (Å²) >= 11 is 3.56. The highest BCUT2D eigenvalue weighted by Gasteiger charge is 2.04. The first kappa shape index (κ1) is 9.67. The number of hydrogen-bond donors (Lipinski definition) is 1. The number of H-pyrrole nitrogens is 1. The molecule has 0 spiro atoms. The summed E-state index contributed by atoms with van der Waals surface area (Å²) in [5.41, 5.74) is 3.53. The fraction of sp³-hybridized carbons (Fsp3) is 0. The first-order valence-electron chi connectivity index (χ1n) is 5.17. The van der Waals surface area contributed by atoms with Crippen molar-refractivity contribution in [2.24, 2.45) is 0 Å². The minimum Gasteiger partial charge on any atom is -0.354 e. The number of aromatic nitrogens is 1. The van der Waals surface area contributed by atoms with Gasteiger partial charge in [0.1, 0.15) is 0 Å². The molecule has 0 radical (unpaired) electrons. The molecule has 2 heteroatoms. The van der Waals surface area contributed by atoms with E-state index in [-0.39, 0.29) is 0 Å². The second kappa shape index (κ2) is 3.80. The summed E-state index contributed by atoms with van der Waals surface area (Å²) in [6, 6.07) is 18.7. The Balaban J connectivity index is 2.23. The summed E-state index contributed by atoms with van der Waals surface area (Å²) < 4.78 is 1.13. The van der Waals surface area contributed by atoms with E-state index in [0.29, 0.717) is 0 Å². The highest BCUT2D eigenvalue weighted by molar-refractivity contribution is 9.10. The number of fused-ring (bicyclic) bond motifs is 1. The second-order valence-electron chi connectivity index (χ2n) is 3.75. The van der Waals surface area contributed by atoms with Crippen LogP contribution in [0, 0.1) is 0 Å². The molecule has 0 amide bonds. The molecule has 0 bridgehead atoms. The third kappa shape index (κ3) is 1.55. The van der Waals surface area contributed by atoms with Crippen LogP contribution >= 0.6 is 15.9 Å². The molecule has 0 aliphatic carbocycles. The molecule has 0 saturated heterocycles. The third-order valence-corrected chi connectivity index (χ3v) is 3.39. The number of aromatic amines is 1. The van der Waals surface area contributed by atoms with E-state index in [1.165, 1.54) is 10.9 Å². The Morgan fingerprint density at radius 2 is 1.69 bits per heavy atom. The average molecular weight is 272 g/mol. The molecule has 1 nitrogen and oxygen atoms in total.